The first kappa shape index (κ1) is 30.1. The molecular formula is C29H43N5O5. The van der Waals surface area contributed by atoms with Crippen molar-refractivity contribution in [2.75, 3.05) is 32.1 Å². The molecule has 0 aromatic heterocycles. The lowest BCUT2D eigenvalue weighted by Gasteiger charge is -2.30. The first-order chi connectivity index (χ1) is 18.3. The van der Waals surface area contributed by atoms with Crippen LogP contribution in [0.25, 0.3) is 0 Å². The topological polar surface area (TPSA) is 119 Å². The lowest BCUT2D eigenvalue weighted by atomic mass is 10.0. The molecule has 4 amide bonds. The van der Waals surface area contributed by atoms with Crippen LogP contribution in [0.1, 0.15) is 64.2 Å². The Morgan fingerprint density at radius 2 is 1.44 bits per heavy atom. The van der Waals surface area contributed by atoms with Gasteiger partial charge in [-0.1, -0.05) is 27.7 Å². The van der Waals surface area contributed by atoms with E-state index in [4.69, 9.17) is 0 Å². The lowest BCUT2D eigenvalue weighted by molar-refractivity contribution is -0.138. The minimum absolute atomic E-state index is 0.0917. The van der Waals surface area contributed by atoms with Gasteiger partial charge in [0.2, 0.25) is 17.7 Å². The molecule has 3 rings (SSSR count). The van der Waals surface area contributed by atoms with Crippen molar-refractivity contribution >= 4 is 35.1 Å². The molecule has 2 aliphatic heterocycles. The van der Waals surface area contributed by atoms with E-state index < -0.39 is 24.2 Å². The van der Waals surface area contributed by atoms with E-state index in [1.165, 1.54) is 11.8 Å². The van der Waals surface area contributed by atoms with E-state index in [1.807, 2.05) is 58.8 Å². The molecule has 0 spiro atoms. The van der Waals surface area contributed by atoms with Crippen LogP contribution in [0.3, 0.4) is 0 Å². The Morgan fingerprint density at radius 3 is 1.95 bits per heavy atom. The SMILES string of the molecule is CC(=O)N[C@H](CC(C)C)C(=O)N1CC(=O)C2C1CCN2C(=O)[C@H](CC(C)C)NC(=O)c1ccc(N(C)C)cc1. The Bertz CT molecular complexity index is 1080. The Balaban J connectivity index is 1.77. The fourth-order valence-corrected chi connectivity index (χ4v) is 5.54. The normalized spacial score (nSPS) is 20.2. The maximum absolute atomic E-state index is 13.8. The van der Waals surface area contributed by atoms with E-state index in [0.29, 0.717) is 31.4 Å². The summed E-state index contributed by atoms with van der Waals surface area (Å²) in [4.78, 5) is 70.2. The molecule has 2 N–H and O–H groups in total. The van der Waals surface area contributed by atoms with Gasteiger partial charge in [0.05, 0.1) is 12.6 Å². The summed E-state index contributed by atoms with van der Waals surface area (Å²) in [7, 11) is 3.83. The minimum atomic E-state index is -0.796. The van der Waals surface area contributed by atoms with Gasteiger partial charge < -0.3 is 25.3 Å². The number of amides is 4. The number of likely N-dealkylation sites (tertiary alicyclic amines) is 2. The molecular weight excluding hydrogens is 498 g/mol. The molecule has 2 fully saturated rings. The predicted octanol–water partition coefficient (Wildman–Crippen LogP) is 1.83. The third-order valence-corrected chi connectivity index (χ3v) is 7.33. The van der Waals surface area contributed by atoms with Crippen LogP contribution in [0.4, 0.5) is 5.69 Å². The van der Waals surface area contributed by atoms with Gasteiger partial charge in [-0.25, -0.2) is 0 Å². The van der Waals surface area contributed by atoms with Gasteiger partial charge in [0, 0.05) is 38.8 Å². The van der Waals surface area contributed by atoms with E-state index >= 15 is 0 Å². The Morgan fingerprint density at radius 1 is 0.897 bits per heavy atom. The average Bonchev–Trinajstić information content (AvgIpc) is 3.42. The van der Waals surface area contributed by atoms with Crippen LogP contribution in [0.2, 0.25) is 0 Å². The van der Waals surface area contributed by atoms with Crippen LogP contribution in [0.5, 0.6) is 0 Å². The molecule has 10 heteroatoms. The molecule has 214 valence electrons. The van der Waals surface area contributed by atoms with E-state index in [2.05, 4.69) is 10.6 Å². The van der Waals surface area contributed by atoms with Crippen LogP contribution in [0, 0.1) is 11.8 Å². The van der Waals surface area contributed by atoms with E-state index in [1.54, 1.807) is 17.0 Å². The highest BCUT2D eigenvalue weighted by Crippen LogP contribution is 2.31. The van der Waals surface area contributed by atoms with Gasteiger partial charge in [-0.15, -0.1) is 0 Å². The Labute approximate surface area is 231 Å². The predicted molar refractivity (Wildman–Crippen MR) is 149 cm³/mol. The number of Topliss-reactive ketones (excluding diaryl/α,β-unsaturated/α-hetero) is 1. The number of hydrogen-bond donors (Lipinski definition) is 2. The molecule has 39 heavy (non-hydrogen) atoms. The van der Waals surface area contributed by atoms with Gasteiger partial charge in [0.15, 0.2) is 5.78 Å². The molecule has 0 bridgehead atoms. The second-order valence-electron chi connectivity index (χ2n) is 11.7. The number of anilines is 1. The molecule has 2 unspecified atom stereocenters. The number of nitrogens with zero attached hydrogens (tertiary/aromatic N) is 3. The van der Waals surface area contributed by atoms with Gasteiger partial charge in [-0.3, -0.25) is 24.0 Å². The molecule has 2 heterocycles. The van der Waals surface area contributed by atoms with Crippen molar-refractivity contribution in [2.24, 2.45) is 11.8 Å². The first-order valence-electron chi connectivity index (χ1n) is 13.8. The third kappa shape index (κ3) is 7.16. The summed E-state index contributed by atoms with van der Waals surface area (Å²) in [6, 6.07) is 4.43. The largest absolute Gasteiger partial charge is 0.378 e. The van der Waals surface area contributed by atoms with Crippen molar-refractivity contribution < 1.29 is 24.0 Å². The zero-order chi connectivity index (χ0) is 29.0. The quantitative estimate of drug-likeness (QED) is 0.467. The summed E-state index contributed by atoms with van der Waals surface area (Å²) in [5.74, 6) is -1.15. The zero-order valence-corrected chi connectivity index (χ0v) is 24.2. The van der Waals surface area contributed by atoms with E-state index in [-0.39, 0.29) is 47.8 Å². The number of rotatable bonds is 10. The maximum atomic E-state index is 13.8. The lowest BCUT2D eigenvalue weighted by Crippen LogP contribution is -2.53. The Kier molecular flexibility index (Phi) is 9.74. The van der Waals surface area contributed by atoms with Crippen LogP contribution >= 0.6 is 0 Å². The van der Waals surface area contributed by atoms with Gasteiger partial charge in [-0.2, -0.15) is 0 Å². The fourth-order valence-electron chi connectivity index (χ4n) is 5.54. The summed E-state index contributed by atoms with van der Waals surface area (Å²) in [6.45, 7) is 9.48. The molecule has 2 aliphatic rings. The molecule has 10 nitrogen and oxygen atoms in total. The number of hydrogen-bond acceptors (Lipinski definition) is 6. The molecule has 0 aliphatic carbocycles. The van der Waals surface area contributed by atoms with Crippen molar-refractivity contribution in [3.05, 3.63) is 29.8 Å². The molecule has 2 saturated heterocycles. The maximum Gasteiger partial charge on any atom is 0.251 e. The number of fused-ring (bicyclic) bond motifs is 1. The zero-order valence-electron chi connectivity index (χ0n) is 24.2. The summed E-state index contributed by atoms with van der Waals surface area (Å²) in [5.41, 5.74) is 1.40. The van der Waals surface area contributed by atoms with Crippen LogP contribution < -0.4 is 15.5 Å². The highest BCUT2D eigenvalue weighted by molar-refractivity contribution is 6.01. The number of benzene rings is 1. The standard InChI is InChI=1S/C29H43N5O5/c1-17(2)14-22(30-19(5)35)29(39)34-16-25(36)26-24(34)12-13-33(26)28(38)23(15-18(3)4)31-27(37)20-8-10-21(11-9-20)32(6)7/h8-11,17-18,22-24,26H,12-16H2,1-7H3,(H,30,35)(H,31,37)/t22-,23+,24?,26?/m1/s1. The van der Waals surface area contributed by atoms with Gasteiger partial charge in [0.25, 0.3) is 5.91 Å². The molecule has 1 aromatic carbocycles. The molecule has 1 aromatic rings. The van der Waals surface area contributed by atoms with Gasteiger partial charge in [-0.05, 0) is 55.4 Å². The molecule has 4 atom stereocenters. The molecule has 0 radical (unpaired) electrons. The van der Waals surface area contributed by atoms with Crippen molar-refractivity contribution in [3.63, 3.8) is 0 Å². The summed E-state index contributed by atoms with van der Waals surface area (Å²) >= 11 is 0. The molecule has 0 saturated carbocycles. The second-order valence-corrected chi connectivity index (χ2v) is 11.7. The van der Waals surface area contributed by atoms with Crippen LogP contribution in [-0.4, -0.2) is 90.6 Å². The Hall–Kier alpha value is -3.43. The van der Waals surface area contributed by atoms with Crippen molar-refractivity contribution in [1.29, 1.82) is 0 Å². The van der Waals surface area contributed by atoms with Crippen molar-refractivity contribution in [2.45, 2.75) is 78.0 Å². The highest BCUT2D eigenvalue weighted by Gasteiger charge is 2.53. The van der Waals surface area contributed by atoms with Crippen molar-refractivity contribution in [3.8, 4) is 0 Å². The highest BCUT2D eigenvalue weighted by atomic mass is 16.2. The van der Waals surface area contributed by atoms with Crippen molar-refractivity contribution in [1.82, 2.24) is 20.4 Å². The summed E-state index contributed by atoms with van der Waals surface area (Å²) < 4.78 is 0. The van der Waals surface area contributed by atoms with Crippen LogP contribution in [0.15, 0.2) is 24.3 Å². The number of carbonyl (C=O) groups excluding carboxylic acids is 5. The van der Waals surface area contributed by atoms with Gasteiger partial charge in [0.1, 0.15) is 18.1 Å². The number of nitrogens with one attached hydrogen (secondary N) is 2. The monoisotopic (exact) mass is 541 g/mol. The smallest absolute Gasteiger partial charge is 0.251 e. The van der Waals surface area contributed by atoms with Crippen LogP contribution in [-0.2, 0) is 19.2 Å². The van der Waals surface area contributed by atoms with E-state index in [0.717, 1.165) is 5.69 Å². The second kappa shape index (κ2) is 12.6. The number of ketones is 1. The van der Waals surface area contributed by atoms with E-state index in [9.17, 15) is 24.0 Å². The summed E-state index contributed by atoms with van der Waals surface area (Å²) in [5, 5.41) is 5.63. The minimum Gasteiger partial charge on any atom is -0.378 e. The third-order valence-electron chi connectivity index (χ3n) is 7.33. The van der Waals surface area contributed by atoms with Gasteiger partial charge >= 0.3 is 0 Å². The fraction of sp³-hybridized carbons (Fsp3) is 0.621. The summed E-state index contributed by atoms with van der Waals surface area (Å²) in [6.07, 6.45) is 1.35. The average molecular weight is 542 g/mol. The first-order valence-corrected chi connectivity index (χ1v) is 13.8. The number of carbonyl (C=O) groups is 5.